The Morgan fingerprint density at radius 1 is 1.32 bits per heavy atom. The van der Waals surface area contributed by atoms with E-state index in [-0.39, 0.29) is 11.9 Å². The van der Waals surface area contributed by atoms with Crippen LogP contribution >= 0.6 is 0 Å². The van der Waals surface area contributed by atoms with Gasteiger partial charge in [0.15, 0.2) is 5.58 Å². The number of carbonyl (C=O) groups excluding carboxylic acids is 1. The Bertz CT molecular complexity index is 1030. The molecule has 0 unspecified atom stereocenters. The molecule has 0 bridgehead atoms. The molecule has 1 aliphatic rings. The summed E-state index contributed by atoms with van der Waals surface area (Å²) in [5.41, 5.74) is 2.62. The number of oxazole rings is 1. The van der Waals surface area contributed by atoms with E-state index in [1.807, 2.05) is 29.6 Å². The Hall–Kier alpha value is -2.83. The highest BCUT2D eigenvalue weighted by Crippen LogP contribution is 2.32. The number of aryl methyl sites for hydroxylation is 3. The van der Waals surface area contributed by atoms with Crippen LogP contribution in [0.25, 0.3) is 11.1 Å². The van der Waals surface area contributed by atoms with Gasteiger partial charge in [-0.15, -0.1) is 0 Å². The van der Waals surface area contributed by atoms with E-state index in [0.717, 1.165) is 24.4 Å². The smallest absolute Gasteiger partial charge is 0.408 e. The van der Waals surface area contributed by atoms with Crippen LogP contribution in [0.3, 0.4) is 0 Å². The first-order chi connectivity index (χ1) is 12.0. The average Bonchev–Trinajstić information content (AvgIpc) is 3.26. The minimum Gasteiger partial charge on any atom is -0.408 e. The molecule has 3 heterocycles. The zero-order valence-electron chi connectivity index (χ0n) is 14.5. The summed E-state index contributed by atoms with van der Waals surface area (Å²) in [4.78, 5) is 31.2. The predicted molar refractivity (Wildman–Crippen MR) is 92.4 cm³/mol. The molecule has 7 nitrogen and oxygen atoms in total. The molecule has 1 amide bonds. The lowest BCUT2D eigenvalue weighted by atomic mass is 10.1. The van der Waals surface area contributed by atoms with E-state index in [2.05, 4.69) is 4.98 Å². The predicted octanol–water partition coefficient (Wildman–Crippen LogP) is 2.15. The Labute approximate surface area is 144 Å². The van der Waals surface area contributed by atoms with Crippen molar-refractivity contribution in [3.63, 3.8) is 0 Å². The highest BCUT2D eigenvalue weighted by Gasteiger charge is 2.33. The van der Waals surface area contributed by atoms with Gasteiger partial charge in [0.2, 0.25) is 0 Å². The highest BCUT2D eigenvalue weighted by atomic mass is 16.4. The minimum atomic E-state index is -0.429. The number of aromatic nitrogens is 3. The maximum atomic E-state index is 13.1. The molecular weight excluding hydrogens is 320 g/mol. The normalized spacial score (nSPS) is 17.6. The van der Waals surface area contributed by atoms with E-state index in [0.29, 0.717) is 23.2 Å². The standard InChI is InChI=1S/C18H20N4O3/c1-11-10-20(2)16(19-11)13-5-4-8-22(13)17(23)12-6-7-15-14(9-12)21(3)18(24)25-15/h6-7,9-10,13H,4-5,8H2,1-3H3/t13-/m1/s1. The molecule has 7 heteroatoms. The Balaban J connectivity index is 1.71. The number of nitrogens with zero attached hydrogens (tertiary/aromatic N) is 4. The summed E-state index contributed by atoms with van der Waals surface area (Å²) in [6.07, 6.45) is 3.83. The third-order valence-corrected chi connectivity index (χ3v) is 4.88. The number of likely N-dealkylation sites (tertiary alicyclic amines) is 1. The van der Waals surface area contributed by atoms with Gasteiger partial charge < -0.3 is 13.9 Å². The number of hydrogen-bond donors (Lipinski definition) is 0. The zero-order chi connectivity index (χ0) is 17.7. The van der Waals surface area contributed by atoms with Crippen LogP contribution < -0.4 is 5.76 Å². The quantitative estimate of drug-likeness (QED) is 0.716. The Morgan fingerprint density at radius 3 is 2.84 bits per heavy atom. The maximum Gasteiger partial charge on any atom is 0.419 e. The van der Waals surface area contributed by atoms with Crippen molar-refractivity contribution in [1.82, 2.24) is 19.0 Å². The van der Waals surface area contributed by atoms with Gasteiger partial charge in [0.05, 0.1) is 17.3 Å². The van der Waals surface area contributed by atoms with Crippen molar-refractivity contribution in [1.29, 1.82) is 0 Å². The minimum absolute atomic E-state index is 0.0185. The van der Waals surface area contributed by atoms with Gasteiger partial charge in [-0.05, 0) is 38.0 Å². The first-order valence-corrected chi connectivity index (χ1v) is 8.36. The van der Waals surface area contributed by atoms with Crippen LogP contribution in [0.2, 0.25) is 0 Å². The molecule has 4 rings (SSSR count). The van der Waals surface area contributed by atoms with E-state index in [1.54, 1.807) is 25.2 Å². The van der Waals surface area contributed by atoms with Crippen LogP contribution in [-0.2, 0) is 14.1 Å². The van der Waals surface area contributed by atoms with E-state index in [9.17, 15) is 9.59 Å². The van der Waals surface area contributed by atoms with Crippen molar-refractivity contribution in [3.05, 3.63) is 52.0 Å². The van der Waals surface area contributed by atoms with Gasteiger partial charge in [-0.25, -0.2) is 9.78 Å². The monoisotopic (exact) mass is 340 g/mol. The summed E-state index contributed by atoms with van der Waals surface area (Å²) >= 11 is 0. The molecule has 0 aliphatic carbocycles. The second-order valence-electron chi connectivity index (χ2n) is 6.62. The molecule has 0 N–H and O–H groups in total. The fraction of sp³-hybridized carbons (Fsp3) is 0.389. The fourth-order valence-corrected chi connectivity index (χ4v) is 3.65. The lowest BCUT2D eigenvalue weighted by Crippen LogP contribution is -2.31. The number of hydrogen-bond acceptors (Lipinski definition) is 4. The molecule has 1 fully saturated rings. The third-order valence-electron chi connectivity index (χ3n) is 4.88. The van der Waals surface area contributed by atoms with Gasteiger partial charge in [0, 0.05) is 32.4 Å². The zero-order valence-corrected chi connectivity index (χ0v) is 14.5. The van der Waals surface area contributed by atoms with Crippen molar-refractivity contribution in [2.24, 2.45) is 14.1 Å². The van der Waals surface area contributed by atoms with Crippen LogP contribution in [0.5, 0.6) is 0 Å². The molecule has 130 valence electrons. The summed E-state index contributed by atoms with van der Waals surface area (Å²) in [6.45, 7) is 2.66. The molecular formula is C18H20N4O3. The topological polar surface area (TPSA) is 73.3 Å². The fourth-order valence-electron chi connectivity index (χ4n) is 3.65. The van der Waals surface area contributed by atoms with Crippen molar-refractivity contribution in [2.75, 3.05) is 6.54 Å². The molecule has 0 saturated carbocycles. The Kier molecular flexibility index (Phi) is 3.52. The molecule has 1 aromatic carbocycles. The summed E-state index contributed by atoms with van der Waals surface area (Å²) in [5, 5.41) is 0. The van der Waals surface area contributed by atoms with Crippen molar-refractivity contribution in [3.8, 4) is 0 Å². The summed E-state index contributed by atoms with van der Waals surface area (Å²) in [6, 6.07) is 5.10. The number of amides is 1. The molecule has 3 aromatic rings. The molecule has 1 atom stereocenters. The molecule has 0 radical (unpaired) electrons. The summed E-state index contributed by atoms with van der Waals surface area (Å²) in [7, 11) is 3.60. The number of imidazole rings is 1. The van der Waals surface area contributed by atoms with Gasteiger partial charge in [-0.1, -0.05) is 0 Å². The molecule has 2 aromatic heterocycles. The van der Waals surface area contributed by atoms with Crippen LogP contribution in [0.4, 0.5) is 0 Å². The second-order valence-corrected chi connectivity index (χ2v) is 6.62. The first-order valence-electron chi connectivity index (χ1n) is 8.36. The summed E-state index contributed by atoms with van der Waals surface area (Å²) in [5.74, 6) is 0.445. The number of benzene rings is 1. The molecule has 1 saturated heterocycles. The van der Waals surface area contributed by atoms with E-state index >= 15 is 0 Å². The molecule has 0 spiro atoms. The third kappa shape index (κ3) is 2.47. The lowest BCUT2D eigenvalue weighted by Gasteiger charge is -2.24. The number of fused-ring (bicyclic) bond motifs is 1. The van der Waals surface area contributed by atoms with Crippen LogP contribution in [0.15, 0.2) is 33.6 Å². The SMILES string of the molecule is Cc1cn(C)c([C@H]2CCCN2C(=O)c2ccc3oc(=O)n(C)c3c2)n1. The van der Waals surface area contributed by atoms with E-state index in [4.69, 9.17) is 4.42 Å². The van der Waals surface area contributed by atoms with Crippen LogP contribution in [0.1, 0.15) is 40.8 Å². The van der Waals surface area contributed by atoms with Gasteiger partial charge in [0.25, 0.3) is 5.91 Å². The van der Waals surface area contributed by atoms with Gasteiger partial charge in [-0.3, -0.25) is 9.36 Å². The lowest BCUT2D eigenvalue weighted by molar-refractivity contribution is 0.0728. The van der Waals surface area contributed by atoms with Gasteiger partial charge in [-0.2, -0.15) is 0 Å². The van der Waals surface area contributed by atoms with E-state index < -0.39 is 5.76 Å². The molecule has 25 heavy (non-hydrogen) atoms. The van der Waals surface area contributed by atoms with Crippen molar-refractivity contribution >= 4 is 17.0 Å². The highest BCUT2D eigenvalue weighted by molar-refractivity contribution is 5.97. The van der Waals surface area contributed by atoms with Crippen LogP contribution in [-0.4, -0.2) is 31.5 Å². The summed E-state index contributed by atoms with van der Waals surface area (Å²) < 4.78 is 8.54. The number of rotatable bonds is 2. The average molecular weight is 340 g/mol. The van der Waals surface area contributed by atoms with Crippen LogP contribution in [0, 0.1) is 6.92 Å². The van der Waals surface area contributed by atoms with Crippen molar-refractivity contribution < 1.29 is 9.21 Å². The largest absolute Gasteiger partial charge is 0.419 e. The van der Waals surface area contributed by atoms with E-state index in [1.165, 1.54) is 4.57 Å². The van der Waals surface area contributed by atoms with Crippen molar-refractivity contribution in [2.45, 2.75) is 25.8 Å². The van der Waals surface area contributed by atoms with Gasteiger partial charge in [0.1, 0.15) is 5.82 Å². The molecule has 1 aliphatic heterocycles. The first kappa shape index (κ1) is 15.7. The second kappa shape index (κ2) is 5.61. The number of carbonyl (C=O) groups is 1. The van der Waals surface area contributed by atoms with Gasteiger partial charge >= 0.3 is 5.76 Å². The maximum absolute atomic E-state index is 13.1. The Morgan fingerprint density at radius 2 is 2.12 bits per heavy atom.